The average molecular weight is 294 g/mol. The normalized spacial score (nSPS) is 10.8. The fourth-order valence-corrected chi connectivity index (χ4v) is 1.97. The third-order valence-electron chi connectivity index (χ3n) is 2.78. The Morgan fingerprint density at radius 1 is 1.15 bits per heavy atom. The molecule has 2 nitrogen and oxygen atoms in total. The second-order valence-corrected chi connectivity index (χ2v) is 5.23. The fraction of sp³-hybridized carbons (Fsp3) is 0.250. The van der Waals surface area contributed by atoms with Crippen LogP contribution in [0.2, 0.25) is 5.02 Å². The van der Waals surface area contributed by atoms with Gasteiger partial charge in [-0.3, -0.25) is 0 Å². The maximum absolute atomic E-state index is 12.9. The standard InChI is InChI=1S/C16H17ClFNO/c1-11(2)19-10-12-4-3-5-15(17)16(12)20-14-8-6-13(18)7-9-14/h3-9,11,19H,10H2,1-2H3. The predicted molar refractivity (Wildman–Crippen MR) is 79.9 cm³/mol. The number of hydrogen-bond donors (Lipinski definition) is 1. The SMILES string of the molecule is CC(C)NCc1cccc(Cl)c1Oc1ccc(F)cc1. The highest BCUT2D eigenvalue weighted by atomic mass is 35.5. The number of nitrogens with one attached hydrogen (secondary N) is 1. The van der Waals surface area contributed by atoms with Crippen molar-refractivity contribution in [1.82, 2.24) is 5.32 Å². The molecule has 0 amide bonds. The molecule has 2 aromatic rings. The van der Waals surface area contributed by atoms with Crippen molar-refractivity contribution in [3.8, 4) is 11.5 Å². The lowest BCUT2D eigenvalue weighted by molar-refractivity contribution is 0.468. The van der Waals surface area contributed by atoms with Crippen molar-refractivity contribution in [3.05, 3.63) is 58.9 Å². The molecule has 0 aliphatic heterocycles. The van der Waals surface area contributed by atoms with E-state index in [-0.39, 0.29) is 5.82 Å². The molecular formula is C16H17ClFNO. The zero-order valence-corrected chi connectivity index (χ0v) is 12.2. The molecule has 106 valence electrons. The first kappa shape index (κ1) is 14.8. The topological polar surface area (TPSA) is 21.3 Å². The molecule has 4 heteroatoms. The van der Waals surface area contributed by atoms with Crippen molar-refractivity contribution in [2.24, 2.45) is 0 Å². The molecule has 0 aliphatic rings. The van der Waals surface area contributed by atoms with E-state index in [0.717, 1.165) is 5.56 Å². The quantitative estimate of drug-likeness (QED) is 0.857. The summed E-state index contributed by atoms with van der Waals surface area (Å²) in [4.78, 5) is 0. The zero-order valence-electron chi connectivity index (χ0n) is 11.5. The van der Waals surface area contributed by atoms with Crippen LogP contribution in [0, 0.1) is 5.82 Å². The van der Waals surface area contributed by atoms with Crippen molar-refractivity contribution in [2.45, 2.75) is 26.4 Å². The number of para-hydroxylation sites is 1. The largest absolute Gasteiger partial charge is 0.455 e. The van der Waals surface area contributed by atoms with Crippen molar-refractivity contribution < 1.29 is 9.13 Å². The summed E-state index contributed by atoms with van der Waals surface area (Å²) in [6.07, 6.45) is 0. The molecule has 0 saturated heterocycles. The van der Waals surface area contributed by atoms with Gasteiger partial charge in [0.25, 0.3) is 0 Å². The van der Waals surface area contributed by atoms with Crippen LogP contribution in [-0.4, -0.2) is 6.04 Å². The smallest absolute Gasteiger partial charge is 0.150 e. The molecule has 20 heavy (non-hydrogen) atoms. The van der Waals surface area contributed by atoms with E-state index in [1.165, 1.54) is 12.1 Å². The van der Waals surface area contributed by atoms with Crippen molar-refractivity contribution in [3.63, 3.8) is 0 Å². The Hall–Kier alpha value is -1.58. The minimum absolute atomic E-state index is 0.293. The van der Waals surface area contributed by atoms with Crippen molar-refractivity contribution in [1.29, 1.82) is 0 Å². The minimum atomic E-state index is -0.293. The van der Waals surface area contributed by atoms with Crippen LogP contribution in [-0.2, 0) is 6.54 Å². The summed E-state index contributed by atoms with van der Waals surface area (Å²) in [5, 5.41) is 3.86. The fourth-order valence-electron chi connectivity index (χ4n) is 1.74. The van der Waals surface area contributed by atoms with Gasteiger partial charge in [0.1, 0.15) is 17.3 Å². The molecule has 2 rings (SSSR count). The molecule has 0 bridgehead atoms. The van der Waals surface area contributed by atoms with E-state index in [4.69, 9.17) is 16.3 Å². The summed E-state index contributed by atoms with van der Waals surface area (Å²) in [6, 6.07) is 11.9. The maximum atomic E-state index is 12.9. The molecule has 0 fully saturated rings. The van der Waals surface area contributed by atoms with E-state index in [0.29, 0.717) is 29.1 Å². The number of rotatable bonds is 5. The second-order valence-electron chi connectivity index (χ2n) is 4.82. The van der Waals surface area contributed by atoms with Gasteiger partial charge >= 0.3 is 0 Å². The van der Waals surface area contributed by atoms with Gasteiger partial charge in [-0.25, -0.2) is 4.39 Å². The Morgan fingerprint density at radius 3 is 2.50 bits per heavy atom. The lowest BCUT2D eigenvalue weighted by Crippen LogP contribution is -2.22. The number of ether oxygens (including phenoxy) is 1. The highest BCUT2D eigenvalue weighted by Gasteiger charge is 2.10. The molecule has 0 unspecified atom stereocenters. The molecule has 1 N–H and O–H groups in total. The molecular weight excluding hydrogens is 277 g/mol. The highest BCUT2D eigenvalue weighted by Crippen LogP contribution is 2.33. The molecule has 2 aromatic carbocycles. The van der Waals surface area contributed by atoms with Crippen LogP contribution in [0.25, 0.3) is 0 Å². The Bertz CT molecular complexity index is 569. The summed E-state index contributed by atoms with van der Waals surface area (Å²) in [5.74, 6) is 0.873. The Balaban J connectivity index is 2.23. The van der Waals surface area contributed by atoms with Crippen LogP contribution in [0.1, 0.15) is 19.4 Å². The minimum Gasteiger partial charge on any atom is -0.455 e. The van der Waals surface area contributed by atoms with Crippen LogP contribution < -0.4 is 10.1 Å². The van der Waals surface area contributed by atoms with E-state index < -0.39 is 0 Å². The van der Waals surface area contributed by atoms with Gasteiger partial charge in [0, 0.05) is 18.2 Å². The van der Waals surface area contributed by atoms with Gasteiger partial charge in [0.05, 0.1) is 5.02 Å². The Morgan fingerprint density at radius 2 is 1.85 bits per heavy atom. The van der Waals surface area contributed by atoms with Crippen LogP contribution in [0.4, 0.5) is 4.39 Å². The van der Waals surface area contributed by atoms with E-state index >= 15 is 0 Å². The first-order valence-electron chi connectivity index (χ1n) is 6.50. The van der Waals surface area contributed by atoms with Gasteiger partial charge in [-0.1, -0.05) is 37.6 Å². The van der Waals surface area contributed by atoms with Crippen LogP contribution in [0.15, 0.2) is 42.5 Å². The Labute approximate surface area is 123 Å². The van der Waals surface area contributed by atoms with E-state index in [1.807, 2.05) is 12.1 Å². The van der Waals surface area contributed by atoms with E-state index in [1.54, 1.807) is 18.2 Å². The van der Waals surface area contributed by atoms with E-state index in [2.05, 4.69) is 19.2 Å². The molecule has 0 heterocycles. The van der Waals surface area contributed by atoms with Crippen LogP contribution in [0.5, 0.6) is 11.5 Å². The van der Waals surface area contributed by atoms with Gasteiger partial charge in [0.2, 0.25) is 0 Å². The summed E-state index contributed by atoms with van der Waals surface area (Å²) >= 11 is 6.20. The maximum Gasteiger partial charge on any atom is 0.150 e. The first-order chi connectivity index (χ1) is 9.56. The number of benzene rings is 2. The summed E-state index contributed by atoms with van der Waals surface area (Å²) in [7, 11) is 0. The lowest BCUT2D eigenvalue weighted by atomic mass is 10.2. The second kappa shape index (κ2) is 6.73. The molecule has 0 saturated carbocycles. The van der Waals surface area contributed by atoms with Gasteiger partial charge in [0.15, 0.2) is 0 Å². The molecule has 0 atom stereocenters. The Kier molecular flexibility index (Phi) is 4.99. The average Bonchev–Trinajstić information content (AvgIpc) is 2.41. The zero-order chi connectivity index (χ0) is 14.5. The summed E-state index contributed by atoms with van der Waals surface area (Å²) in [5.41, 5.74) is 0.968. The van der Waals surface area contributed by atoms with E-state index in [9.17, 15) is 4.39 Å². The summed E-state index contributed by atoms with van der Waals surface area (Å²) < 4.78 is 18.7. The first-order valence-corrected chi connectivity index (χ1v) is 6.88. The number of halogens is 2. The van der Waals surface area contributed by atoms with Gasteiger partial charge in [-0.2, -0.15) is 0 Å². The molecule has 0 spiro atoms. The van der Waals surface area contributed by atoms with Crippen LogP contribution >= 0.6 is 11.6 Å². The molecule has 0 radical (unpaired) electrons. The predicted octanol–water partition coefficient (Wildman–Crippen LogP) is 4.77. The molecule has 0 aromatic heterocycles. The van der Waals surface area contributed by atoms with Gasteiger partial charge < -0.3 is 10.1 Å². The molecule has 0 aliphatic carbocycles. The van der Waals surface area contributed by atoms with Crippen molar-refractivity contribution in [2.75, 3.05) is 0 Å². The highest BCUT2D eigenvalue weighted by molar-refractivity contribution is 6.32. The van der Waals surface area contributed by atoms with Crippen LogP contribution in [0.3, 0.4) is 0 Å². The summed E-state index contributed by atoms with van der Waals surface area (Å²) in [6.45, 7) is 4.81. The van der Waals surface area contributed by atoms with Crippen molar-refractivity contribution >= 4 is 11.6 Å². The monoisotopic (exact) mass is 293 g/mol. The van der Waals surface area contributed by atoms with Gasteiger partial charge in [-0.15, -0.1) is 0 Å². The third-order valence-corrected chi connectivity index (χ3v) is 3.08. The number of hydrogen-bond acceptors (Lipinski definition) is 2. The van der Waals surface area contributed by atoms with Gasteiger partial charge in [-0.05, 0) is 30.3 Å². The third kappa shape index (κ3) is 3.95. The lowest BCUT2D eigenvalue weighted by Gasteiger charge is -2.14.